The summed E-state index contributed by atoms with van der Waals surface area (Å²) in [7, 11) is 0. The fourth-order valence-corrected chi connectivity index (χ4v) is 4.90. The molecule has 2 atom stereocenters. The second-order valence-electron chi connectivity index (χ2n) is 12.3. The zero-order chi connectivity index (χ0) is 29.9. The number of rotatable bonds is 7. The third-order valence-corrected chi connectivity index (χ3v) is 6.98. The number of carbonyl (C=O) groups excluding carboxylic acids is 3. The Morgan fingerprint density at radius 2 is 1.65 bits per heavy atom. The lowest BCUT2D eigenvalue weighted by Gasteiger charge is -2.28. The minimum absolute atomic E-state index is 0.201. The summed E-state index contributed by atoms with van der Waals surface area (Å²) in [5, 5.41) is 0.448. The van der Waals surface area contributed by atoms with Gasteiger partial charge in [0.25, 0.3) is 0 Å². The van der Waals surface area contributed by atoms with E-state index in [2.05, 4.69) is 0 Å². The molecule has 218 valence electrons. The third-order valence-electron chi connectivity index (χ3n) is 6.75. The lowest BCUT2D eigenvalue weighted by Crippen LogP contribution is -2.45. The molecular formula is C31H39ClFNO6. The van der Waals surface area contributed by atoms with Crippen LogP contribution in [-0.4, -0.2) is 46.9 Å². The fourth-order valence-electron chi connectivity index (χ4n) is 4.72. The zero-order valence-electron chi connectivity index (χ0n) is 24.3. The van der Waals surface area contributed by atoms with Crippen molar-refractivity contribution >= 4 is 29.8 Å². The van der Waals surface area contributed by atoms with E-state index in [0.29, 0.717) is 41.8 Å². The van der Waals surface area contributed by atoms with Crippen LogP contribution in [-0.2, 0) is 25.4 Å². The zero-order valence-corrected chi connectivity index (χ0v) is 25.1. The van der Waals surface area contributed by atoms with Gasteiger partial charge < -0.3 is 14.2 Å². The standard InChI is InChI=1S/C31H39ClFNO6/c1-8-31(19-38-28(37)40-30(5,6)7)18-23(34(26(31)35)27(36)39-29(2,3)4)15-11-20-9-12-21(13-10-20)24-17-22(32)14-16-25(24)33/h9-10,12-14,16-17,23H,8,11,15,18-19H2,1-7H3/t23-,31?/m1/s1. The number of halogens is 2. The van der Waals surface area contributed by atoms with Gasteiger partial charge in [-0.1, -0.05) is 42.8 Å². The molecule has 9 heteroatoms. The molecule has 0 spiro atoms. The Labute approximate surface area is 240 Å². The molecule has 7 nitrogen and oxygen atoms in total. The molecule has 1 aliphatic heterocycles. The van der Waals surface area contributed by atoms with Gasteiger partial charge in [0.1, 0.15) is 23.6 Å². The number of nitrogens with zero attached hydrogens (tertiary/aromatic N) is 1. The van der Waals surface area contributed by atoms with Crippen molar-refractivity contribution in [2.45, 2.75) is 91.4 Å². The largest absolute Gasteiger partial charge is 0.508 e. The van der Waals surface area contributed by atoms with Gasteiger partial charge in [-0.15, -0.1) is 0 Å². The molecule has 1 unspecified atom stereocenters. The summed E-state index contributed by atoms with van der Waals surface area (Å²) in [5.41, 5.74) is -0.546. The van der Waals surface area contributed by atoms with Crippen LogP contribution in [0, 0.1) is 11.2 Å². The van der Waals surface area contributed by atoms with Crippen molar-refractivity contribution in [1.29, 1.82) is 0 Å². The minimum Gasteiger partial charge on any atom is -0.443 e. The topological polar surface area (TPSA) is 82.1 Å². The molecule has 2 aromatic rings. The number of likely N-dealkylation sites (tertiary alicyclic amines) is 1. The molecule has 1 saturated heterocycles. The van der Waals surface area contributed by atoms with E-state index in [1.165, 1.54) is 17.0 Å². The molecule has 0 aromatic heterocycles. The molecule has 0 saturated carbocycles. The Balaban J connectivity index is 1.79. The van der Waals surface area contributed by atoms with Crippen LogP contribution < -0.4 is 0 Å². The first kappa shape index (κ1) is 31.4. The van der Waals surface area contributed by atoms with Crippen LogP contribution >= 0.6 is 11.6 Å². The molecule has 0 aliphatic carbocycles. The number of benzene rings is 2. The Morgan fingerprint density at radius 1 is 1.02 bits per heavy atom. The highest BCUT2D eigenvalue weighted by Gasteiger charge is 2.54. The maximum atomic E-state index is 14.3. The molecular weight excluding hydrogens is 537 g/mol. The maximum absolute atomic E-state index is 14.3. The highest BCUT2D eigenvalue weighted by atomic mass is 35.5. The van der Waals surface area contributed by atoms with Crippen molar-refractivity contribution in [3.63, 3.8) is 0 Å². The summed E-state index contributed by atoms with van der Waals surface area (Å²) in [4.78, 5) is 40.3. The molecule has 1 fully saturated rings. The number of amides is 2. The van der Waals surface area contributed by atoms with Crippen molar-refractivity contribution in [3.8, 4) is 11.1 Å². The number of ether oxygens (including phenoxy) is 3. The van der Waals surface area contributed by atoms with Crippen LogP contribution in [0.15, 0.2) is 42.5 Å². The Kier molecular flexibility index (Phi) is 9.55. The van der Waals surface area contributed by atoms with Gasteiger partial charge in [-0.25, -0.2) is 18.9 Å². The van der Waals surface area contributed by atoms with Crippen LogP contribution in [0.25, 0.3) is 11.1 Å². The van der Waals surface area contributed by atoms with Gasteiger partial charge in [0.05, 0.1) is 5.41 Å². The van der Waals surface area contributed by atoms with Gasteiger partial charge in [0, 0.05) is 16.6 Å². The average molecular weight is 576 g/mol. The Hall–Kier alpha value is -3.13. The van der Waals surface area contributed by atoms with E-state index in [-0.39, 0.29) is 12.4 Å². The van der Waals surface area contributed by atoms with Crippen LogP contribution in [0.2, 0.25) is 5.02 Å². The van der Waals surface area contributed by atoms with Crippen LogP contribution in [0.3, 0.4) is 0 Å². The highest BCUT2D eigenvalue weighted by molar-refractivity contribution is 6.30. The lowest BCUT2D eigenvalue weighted by atomic mass is 9.82. The smallest absolute Gasteiger partial charge is 0.443 e. The van der Waals surface area contributed by atoms with Crippen LogP contribution in [0.1, 0.15) is 73.3 Å². The summed E-state index contributed by atoms with van der Waals surface area (Å²) >= 11 is 6.04. The number of carbonyl (C=O) groups is 3. The highest BCUT2D eigenvalue weighted by Crippen LogP contribution is 2.42. The number of hydrogen-bond donors (Lipinski definition) is 0. The predicted molar refractivity (Wildman–Crippen MR) is 152 cm³/mol. The first-order valence-electron chi connectivity index (χ1n) is 13.5. The monoisotopic (exact) mass is 575 g/mol. The molecule has 0 bridgehead atoms. The van der Waals surface area contributed by atoms with Gasteiger partial charge in [-0.3, -0.25) is 4.79 Å². The number of aryl methyl sites for hydroxylation is 1. The van der Waals surface area contributed by atoms with Crippen molar-refractivity contribution in [3.05, 3.63) is 58.9 Å². The molecule has 1 heterocycles. The Bertz CT molecular complexity index is 1230. The second-order valence-corrected chi connectivity index (χ2v) is 12.7. The van der Waals surface area contributed by atoms with Crippen molar-refractivity contribution in [1.82, 2.24) is 4.90 Å². The average Bonchev–Trinajstić information content (AvgIpc) is 3.13. The second kappa shape index (κ2) is 12.2. The van der Waals surface area contributed by atoms with E-state index >= 15 is 0 Å². The van der Waals surface area contributed by atoms with Crippen molar-refractivity contribution < 1.29 is 33.0 Å². The van der Waals surface area contributed by atoms with E-state index in [4.69, 9.17) is 25.8 Å². The first-order valence-corrected chi connectivity index (χ1v) is 13.9. The van der Waals surface area contributed by atoms with Crippen LogP contribution in [0.4, 0.5) is 14.0 Å². The normalized spacial score (nSPS) is 19.5. The Morgan fingerprint density at radius 3 is 2.23 bits per heavy atom. The van der Waals surface area contributed by atoms with Gasteiger partial charge in [0.15, 0.2) is 0 Å². The number of hydrogen-bond acceptors (Lipinski definition) is 6. The predicted octanol–water partition coefficient (Wildman–Crippen LogP) is 7.96. The van der Waals surface area contributed by atoms with Crippen molar-refractivity contribution in [2.24, 2.45) is 5.41 Å². The lowest BCUT2D eigenvalue weighted by molar-refractivity contribution is -0.138. The summed E-state index contributed by atoms with van der Waals surface area (Å²) in [6.45, 7) is 12.0. The van der Waals surface area contributed by atoms with Crippen LogP contribution in [0.5, 0.6) is 0 Å². The van der Waals surface area contributed by atoms with Gasteiger partial charge in [-0.2, -0.15) is 0 Å². The SMILES string of the molecule is CCC1(COC(=O)OC(C)(C)C)C[C@@H](CCc2ccc(-c3cc(Cl)ccc3F)cc2)N(C(=O)OC(C)(C)C)C1=O. The maximum Gasteiger partial charge on any atom is 0.508 e. The number of imide groups is 1. The van der Waals surface area contributed by atoms with E-state index in [1.807, 2.05) is 31.2 Å². The van der Waals surface area contributed by atoms with Gasteiger partial charge in [-0.05, 0) is 96.6 Å². The molecule has 0 N–H and O–H groups in total. The van der Waals surface area contributed by atoms with E-state index in [1.54, 1.807) is 47.6 Å². The third kappa shape index (κ3) is 7.96. The quantitative estimate of drug-likeness (QED) is 0.311. The van der Waals surface area contributed by atoms with E-state index in [0.717, 1.165) is 5.56 Å². The summed E-state index contributed by atoms with van der Waals surface area (Å²) in [5.74, 6) is -0.788. The molecule has 1 aliphatic rings. The summed E-state index contributed by atoms with van der Waals surface area (Å²) < 4.78 is 30.5. The molecule has 40 heavy (non-hydrogen) atoms. The first-order chi connectivity index (χ1) is 18.5. The minimum atomic E-state index is -1.08. The summed E-state index contributed by atoms with van der Waals surface area (Å²) in [6, 6.07) is 11.4. The molecule has 2 amide bonds. The fraction of sp³-hybridized carbons (Fsp3) is 0.516. The van der Waals surface area contributed by atoms with E-state index in [9.17, 15) is 18.8 Å². The van der Waals surface area contributed by atoms with Crippen molar-refractivity contribution in [2.75, 3.05) is 6.61 Å². The molecule has 0 radical (unpaired) electrons. The molecule has 2 aromatic carbocycles. The van der Waals surface area contributed by atoms with Gasteiger partial charge in [0.2, 0.25) is 5.91 Å². The van der Waals surface area contributed by atoms with Gasteiger partial charge >= 0.3 is 12.2 Å². The van der Waals surface area contributed by atoms with E-state index < -0.39 is 40.8 Å². The molecule has 3 rings (SSSR count). The summed E-state index contributed by atoms with van der Waals surface area (Å²) in [6.07, 6.45) is 0.130.